The van der Waals surface area contributed by atoms with Crippen LogP contribution in [0.2, 0.25) is 0 Å². The fraction of sp³-hybridized carbons (Fsp3) is 0.167. The van der Waals surface area contributed by atoms with Crippen molar-refractivity contribution in [1.82, 2.24) is 10.3 Å². The summed E-state index contributed by atoms with van der Waals surface area (Å²) in [6.45, 7) is 0.951. The molecule has 0 aliphatic heterocycles. The molecule has 1 heterocycles. The molecule has 0 fully saturated rings. The molecule has 3 aromatic rings. The molecule has 4 nitrogen and oxygen atoms in total. The quantitative estimate of drug-likeness (QED) is 0.676. The molecule has 0 aliphatic rings. The van der Waals surface area contributed by atoms with Crippen molar-refractivity contribution in [3.63, 3.8) is 0 Å². The van der Waals surface area contributed by atoms with Crippen molar-refractivity contribution in [3.8, 4) is 11.3 Å². The van der Waals surface area contributed by atoms with Crippen molar-refractivity contribution < 1.29 is 4.79 Å². The maximum Gasteiger partial charge on any atom is 0.224 e. The Labute approximate surface area is 129 Å². The summed E-state index contributed by atoms with van der Waals surface area (Å²) in [5.74, 6) is -0.00705. The number of benzene rings is 2. The minimum absolute atomic E-state index is 0.00705. The van der Waals surface area contributed by atoms with Crippen molar-refractivity contribution in [1.29, 1.82) is 0 Å². The van der Waals surface area contributed by atoms with Gasteiger partial charge in [0.1, 0.15) is 0 Å². The molecule has 2 aromatic carbocycles. The van der Waals surface area contributed by atoms with Gasteiger partial charge < -0.3 is 16.0 Å². The number of hydrogen-bond acceptors (Lipinski definition) is 2. The largest absolute Gasteiger partial charge is 0.355 e. The minimum Gasteiger partial charge on any atom is -0.355 e. The lowest BCUT2D eigenvalue weighted by atomic mass is 10.0. The van der Waals surface area contributed by atoms with E-state index in [1.165, 1.54) is 0 Å². The molecule has 0 radical (unpaired) electrons. The number of amides is 1. The molecule has 4 heteroatoms. The highest BCUT2D eigenvalue weighted by molar-refractivity contribution is 5.95. The second-order valence-corrected chi connectivity index (χ2v) is 5.21. The molecule has 0 unspecified atom stereocenters. The molecule has 22 heavy (non-hydrogen) atoms. The number of carbonyl (C=O) groups is 1. The number of aromatic nitrogens is 1. The third-order valence-electron chi connectivity index (χ3n) is 3.68. The van der Waals surface area contributed by atoms with Gasteiger partial charge in [-0.25, -0.2) is 0 Å². The number of carbonyl (C=O) groups excluding carboxylic acids is 1. The van der Waals surface area contributed by atoms with E-state index in [0.717, 1.165) is 27.7 Å². The van der Waals surface area contributed by atoms with Crippen molar-refractivity contribution in [3.05, 3.63) is 60.2 Å². The lowest BCUT2D eigenvalue weighted by Crippen LogP contribution is -2.30. The fourth-order valence-corrected chi connectivity index (χ4v) is 2.67. The number of fused-ring (bicyclic) bond motifs is 1. The number of nitrogens with one attached hydrogen (secondary N) is 2. The van der Waals surface area contributed by atoms with Crippen molar-refractivity contribution in [2.45, 2.75) is 6.42 Å². The van der Waals surface area contributed by atoms with E-state index in [1.807, 2.05) is 54.6 Å². The van der Waals surface area contributed by atoms with E-state index in [2.05, 4.69) is 10.3 Å². The Morgan fingerprint density at radius 3 is 2.55 bits per heavy atom. The van der Waals surface area contributed by atoms with Crippen LogP contribution >= 0.6 is 0 Å². The Morgan fingerprint density at radius 1 is 1.05 bits per heavy atom. The van der Waals surface area contributed by atoms with E-state index in [4.69, 9.17) is 5.73 Å². The molecule has 4 N–H and O–H groups in total. The second kappa shape index (κ2) is 6.45. The molecule has 0 saturated carbocycles. The summed E-state index contributed by atoms with van der Waals surface area (Å²) in [6.07, 6.45) is 0.342. The molecule has 0 atom stereocenters. The topological polar surface area (TPSA) is 70.9 Å². The minimum atomic E-state index is -0.00705. The van der Waals surface area contributed by atoms with E-state index < -0.39 is 0 Å². The molecule has 1 aromatic heterocycles. The monoisotopic (exact) mass is 293 g/mol. The van der Waals surface area contributed by atoms with Gasteiger partial charge in [0.2, 0.25) is 5.91 Å². The van der Waals surface area contributed by atoms with E-state index in [1.54, 1.807) is 0 Å². The summed E-state index contributed by atoms with van der Waals surface area (Å²) >= 11 is 0. The number of aromatic amines is 1. The van der Waals surface area contributed by atoms with Crippen LogP contribution in [0.1, 0.15) is 5.56 Å². The maximum absolute atomic E-state index is 12.1. The number of rotatable bonds is 5. The Hall–Kier alpha value is -2.59. The first-order chi connectivity index (χ1) is 10.8. The van der Waals surface area contributed by atoms with Gasteiger partial charge in [0.15, 0.2) is 0 Å². The molecule has 0 bridgehead atoms. The lowest BCUT2D eigenvalue weighted by Gasteiger charge is -2.06. The highest BCUT2D eigenvalue weighted by atomic mass is 16.1. The van der Waals surface area contributed by atoms with Crippen molar-refractivity contribution in [2.24, 2.45) is 5.73 Å². The summed E-state index contributed by atoms with van der Waals surface area (Å²) in [5, 5.41) is 3.92. The van der Waals surface area contributed by atoms with Gasteiger partial charge in [-0.2, -0.15) is 0 Å². The van der Waals surface area contributed by atoms with Crippen LogP contribution in [0.3, 0.4) is 0 Å². The molecule has 1 amide bonds. The number of H-pyrrole nitrogens is 1. The van der Waals surface area contributed by atoms with Crippen LogP contribution in [0.4, 0.5) is 0 Å². The molecule has 3 rings (SSSR count). The van der Waals surface area contributed by atoms with E-state index in [-0.39, 0.29) is 5.91 Å². The number of hydrogen-bond donors (Lipinski definition) is 3. The Bertz CT molecular complexity index is 777. The predicted molar refractivity (Wildman–Crippen MR) is 89.5 cm³/mol. The normalized spacial score (nSPS) is 10.8. The maximum atomic E-state index is 12.1. The Kier molecular flexibility index (Phi) is 4.21. The first-order valence-corrected chi connectivity index (χ1v) is 7.41. The molecular formula is C18H19N3O. The zero-order valence-corrected chi connectivity index (χ0v) is 12.3. The van der Waals surface area contributed by atoms with Gasteiger partial charge in [-0.15, -0.1) is 0 Å². The zero-order chi connectivity index (χ0) is 15.4. The fourth-order valence-electron chi connectivity index (χ4n) is 2.67. The van der Waals surface area contributed by atoms with Gasteiger partial charge in [-0.1, -0.05) is 48.5 Å². The van der Waals surface area contributed by atoms with Crippen LogP contribution in [0.5, 0.6) is 0 Å². The van der Waals surface area contributed by atoms with Crippen LogP contribution in [0, 0.1) is 0 Å². The van der Waals surface area contributed by atoms with Crippen molar-refractivity contribution >= 4 is 16.8 Å². The molecular weight excluding hydrogens is 274 g/mol. The van der Waals surface area contributed by atoms with E-state index >= 15 is 0 Å². The average molecular weight is 293 g/mol. The molecule has 0 aliphatic carbocycles. The van der Waals surface area contributed by atoms with Crippen LogP contribution in [0.15, 0.2) is 54.6 Å². The van der Waals surface area contributed by atoms with Crippen LogP contribution < -0.4 is 11.1 Å². The average Bonchev–Trinajstić information content (AvgIpc) is 2.92. The van der Waals surface area contributed by atoms with E-state index in [9.17, 15) is 4.79 Å². The SMILES string of the molecule is NCCNC(=O)Cc1c(-c2ccccc2)[nH]c2ccccc12. The van der Waals surface area contributed by atoms with Crippen LogP contribution in [-0.2, 0) is 11.2 Å². The number of nitrogens with two attached hydrogens (primary N) is 1. The Balaban J connectivity index is 2.04. The van der Waals surface area contributed by atoms with Gasteiger partial charge >= 0.3 is 0 Å². The number of para-hydroxylation sites is 1. The standard InChI is InChI=1S/C18H19N3O/c19-10-11-20-17(22)12-15-14-8-4-5-9-16(14)21-18(15)13-6-2-1-3-7-13/h1-9,21H,10-12,19H2,(H,20,22). The summed E-state index contributed by atoms with van der Waals surface area (Å²) in [5.41, 5.74) is 9.60. The molecule has 0 saturated heterocycles. The first-order valence-electron chi connectivity index (χ1n) is 7.41. The highest BCUT2D eigenvalue weighted by Gasteiger charge is 2.15. The molecule has 112 valence electrons. The summed E-state index contributed by atoms with van der Waals surface area (Å²) in [7, 11) is 0. The van der Waals surface area contributed by atoms with Gasteiger partial charge in [-0.05, 0) is 17.2 Å². The van der Waals surface area contributed by atoms with Crippen molar-refractivity contribution in [2.75, 3.05) is 13.1 Å². The third kappa shape index (κ3) is 2.87. The third-order valence-corrected chi connectivity index (χ3v) is 3.68. The zero-order valence-electron chi connectivity index (χ0n) is 12.3. The second-order valence-electron chi connectivity index (χ2n) is 5.21. The van der Waals surface area contributed by atoms with Gasteiger partial charge in [0, 0.05) is 24.0 Å². The van der Waals surface area contributed by atoms with Gasteiger partial charge in [0.05, 0.1) is 12.1 Å². The predicted octanol–water partition coefficient (Wildman–Crippen LogP) is 2.45. The summed E-state index contributed by atoms with van der Waals surface area (Å²) in [6, 6.07) is 18.1. The summed E-state index contributed by atoms with van der Waals surface area (Å²) in [4.78, 5) is 15.6. The smallest absolute Gasteiger partial charge is 0.224 e. The first kappa shape index (κ1) is 14.4. The van der Waals surface area contributed by atoms with Gasteiger partial charge in [0.25, 0.3) is 0 Å². The molecule has 0 spiro atoms. The van der Waals surface area contributed by atoms with Gasteiger partial charge in [-0.3, -0.25) is 4.79 Å². The van der Waals surface area contributed by atoms with E-state index in [0.29, 0.717) is 19.5 Å². The summed E-state index contributed by atoms with van der Waals surface area (Å²) < 4.78 is 0. The van der Waals surface area contributed by atoms with Crippen LogP contribution in [0.25, 0.3) is 22.2 Å². The van der Waals surface area contributed by atoms with Crippen LogP contribution in [-0.4, -0.2) is 24.0 Å². The Morgan fingerprint density at radius 2 is 1.77 bits per heavy atom. The lowest BCUT2D eigenvalue weighted by molar-refractivity contribution is -0.120. The highest BCUT2D eigenvalue weighted by Crippen LogP contribution is 2.30.